The van der Waals surface area contributed by atoms with E-state index in [1.54, 1.807) is 7.05 Å². The summed E-state index contributed by atoms with van der Waals surface area (Å²) in [4.78, 5) is 14.8. The van der Waals surface area contributed by atoms with Crippen LogP contribution in [0.2, 0.25) is 0 Å². The van der Waals surface area contributed by atoms with Gasteiger partial charge in [0.25, 0.3) is 5.91 Å². The van der Waals surface area contributed by atoms with Gasteiger partial charge >= 0.3 is 0 Å². The number of carbonyl (C=O) groups excluding carboxylic acids is 1. The maximum Gasteiger partial charge on any atom is 0.263 e. The molecular weight excluding hydrogens is 282 g/mol. The van der Waals surface area contributed by atoms with E-state index >= 15 is 0 Å². The highest BCUT2D eigenvalue weighted by Gasteiger charge is 2.28. The van der Waals surface area contributed by atoms with E-state index in [4.69, 9.17) is 5.73 Å². The van der Waals surface area contributed by atoms with Crippen LogP contribution in [-0.2, 0) is 0 Å². The fraction of sp³-hybridized carbons (Fsp3) is 0.688. The van der Waals surface area contributed by atoms with Crippen molar-refractivity contribution in [3.05, 3.63) is 10.9 Å². The molecule has 1 unspecified atom stereocenters. The SMILES string of the molecule is CNC(=O)c1sc(N2CCCC(C(C)(C)C)CC2)cc1N. The highest BCUT2D eigenvalue weighted by atomic mass is 32.1. The summed E-state index contributed by atoms with van der Waals surface area (Å²) in [7, 11) is 1.64. The molecule has 3 N–H and O–H groups in total. The molecule has 1 aromatic heterocycles. The van der Waals surface area contributed by atoms with Gasteiger partial charge in [0.1, 0.15) is 4.88 Å². The molecule has 4 nitrogen and oxygen atoms in total. The van der Waals surface area contributed by atoms with Gasteiger partial charge in [-0.25, -0.2) is 0 Å². The summed E-state index contributed by atoms with van der Waals surface area (Å²) in [6, 6.07) is 1.95. The molecule has 0 spiro atoms. The van der Waals surface area contributed by atoms with Crippen LogP contribution < -0.4 is 16.0 Å². The number of nitrogen functional groups attached to an aromatic ring is 1. The van der Waals surface area contributed by atoms with E-state index in [9.17, 15) is 4.79 Å². The summed E-state index contributed by atoms with van der Waals surface area (Å²) >= 11 is 1.51. The maximum atomic E-state index is 11.8. The molecule has 1 amide bonds. The van der Waals surface area contributed by atoms with Gasteiger partial charge in [-0.2, -0.15) is 0 Å². The highest BCUT2D eigenvalue weighted by molar-refractivity contribution is 7.18. The molecule has 2 heterocycles. The van der Waals surface area contributed by atoms with Crippen LogP contribution >= 0.6 is 11.3 Å². The molecule has 0 aliphatic carbocycles. The minimum Gasteiger partial charge on any atom is -0.397 e. The third-order valence-corrected chi connectivity index (χ3v) is 5.66. The van der Waals surface area contributed by atoms with Gasteiger partial charge in [-0.15, -0.1) is 11.3 Å². The van der Waals surface area contributed by atoms with E-state index in [1.165, 1.54) is 30.6 Å². The van der Waals surface area contributed by atoms with E-state index < -0.39 is 0 Å². The van der Waals surface area contributed by atoms with Crippen molar-refractivity contribution in [3.63, 3.8) is 0 Å². The van der Waals surface area contributed by atoms with E-state index in [0.29, 0.717) is 16.0 Å². The summed E-state index contributed by atoms with van der Waals surface area (Å²) in [6.45, 7) is 9.11. The van der Waals surface area contributed by atoms with Crippen molar-refractivity contribution in [2.75, 3.05) is 30.8 Å². The van der Waals surface area contributed by atoms with Crippen molar-refractivity contribution in [2.24, 2.45) is 11.3 Å². The Morgan fingerprint density at radius 3 is 2.71 bits per heavy atom. The van der Waals surface area contributed by atoms with E-state index in [1.807, 2.05) is 6.07 Å². The molecule has 118 valence electrons. The van der Waals surface area contributed by atoms with Gasteiger partial charge < -0.3 is 16.0 Å². The number of amides is 1. The fourth-order valence-electron chi connectivity index (χ4n) is 3.02. The minimum absolute atomic E-state index is 0.0915. The Morgan fingerprint density at radius 1 is 1.38 bits per heavy atom. The maximum absolute atomic E-state index is 11.8. The second-order valence-electron chi connectivity index (χ2n) is 6.93. The smallest absolute Gasteiger partial charge is 0.263 e. The number of rotatable bonds is 2. The Labute approximate surface area is 131 Å². The Morgan fingerprint density at radius 2 is 2.10 bits per heavy atom. The van der Waals surface area contributed by atoms with Crippen LogP contribution in [0, 0.1) is 11.3 Å². The molecule has 0 aromatic carbocycles. The molecular formula is C16H27N3OS. The first kappa shape index (κ1) is 16.1. The number of anilines is 2. The number of nitrogens with one attached hydrogen (secondary N) is 1. The lowest BCUT2D eigenvalue weighted by Crippen LogP contribution is -2.25. The van der Waals surface area contributed by atoms with Crippen molar-refractivity contribution >= 4 is 27.9 Å². The molecule has 5 heteroatoms. The van der Waals surface area contributed by atoms with Crippen LogP contribution in [0.4, 0.5) is 10.7 Å². The second kappa shape index (κ2) is 6.26. The van der Waals surface area contributed by atoms with E-state index in [-0.39, 0.29) is 5.91 Å². The number of thiophene rings is 1. The first-order chi connectivity index (χ1) is 9.82. The lowest BCUT2D eigenvalue weighted by molar-refractivity contribution is 0.0968. The summed E-state index contributed by atoms with van der Waals surface area (Å²) < 4.78 is 0. The fourth-order valence-corrected chi connectivity index (χ4v) is 4.10. The minimum atomic E-state index is -0.0915. The zero-order chi connectivity index (χ0) is 15.6. The van der Waals surface area contributed by atoms with Crippen LogP contribution in [0.3, 0.4) is 0 Å². The Kier molecular flexibility index (Phi) is 4.81. The van der Waals surface area contributed by atoms with Gasteiger partial charge in [0.2, 0.25) is 0 Å². The zero-order valence-electron chi connectivity index (χ0n) is 13.5. The monoisotopic (exact) mass is 309 g/mol. The van der Waals surface area contributed by atoms with Gasteiger partial charge in [0.15, 0.2) is 0 Å². The zero-order valence-corrected chi connectivity index (χ0v) is 14.3. The molecule has 1 aromatic rings. The number of hydrogen-bond donors (Lipinski definition) is 2. The van der Waals surface area contributed by atoms with E-state index in [2.05, 4.69) is 31.0 Å². The number of carbonyl (C=O) groups is 1. The molecule has 0 saturated carbocycles. The van der Waals surface area contributed by atoms with Crippen molar-refractivity contribution in [1.29, 1.82) is 0 Å². The molecule has 1 atom stereocenters. The standard InChI is InChI=1S/C16H27N3OS/c1-16(2,3)11-6-5-8-19(9-7-11)13-10-12(17)14(21-13)15(20)18-4/h10-11H,5-9,17H2,1-4H3,(H,18,20). The molecule has 1 aliphatic heterocycles. The average Bonchev–Trinajstić information content (AvgIpc) is 2.65. The topological polar surface area (TPSA) is 58.4 Å². The highest BCUT2D eigenvalue weighted by Crippen LogP contribution is 2.38. The predicted octanol–water partition coefficient (Wildman–Crippen LogP) is 3.34. The largest absolute Gasteiger partial charge is 0.397 e. The number of nitrogens with zero attached hydrogens (tertiary/aromatic N) is 1. The summed E-state index contributed by atoms with van der Waals surface area (Å²) in [5, 5.41) is 3.78. The molecule has 21 heavy (non-hydrogen) atoms. The van der Waals surface area contributed by atoms with Crippen LogP contribution in [0.15, 0.2) is 6.07 Å². The molecule has 0 radical (unpaired) electrons. The van der Waals surface area contributed by atoms with Crippen LogP contribution in [0.25, 0.3) is 0 Å². The molecule has 1 fully saturated rings. The van der Waals surface area contributed by atoms with Gasteiger partial charge in [-0.1, -0.05) is 20.8 Å². The first-order valence-electron chi connectivity index (χ1n) is 7.69. The van der Waals surface area contributed by atoms with Crippen molar-refractivity contribution < 1.29 is 4.79 Å². The normalized spacial score (nSPS) is 20.2. The third kappa shape index (κ3) is 3.70. The van der Waals surface area contributed by atoms with Crippen LogP contribution in [0.5, 0.6) is 0 Å². The average molecular weight is 309 g/mol. The second-order valence-corrected chi connectivity index (χ2v) is 7.96. The van der Waals surface area contributed by atoms with Crippen molar-refractivity contribution in [3.8, 4) is 0 Å². The molecule has 2 rings (SSSR count). The number of nitrogens with two attached hydrogens (primary N) is 1. The summed E-state index contributed by atoms with van der Waals surface area (Å²) in [5.74, 6) is 0.671. The predicted molar refractivity (Wildman–Crippen MR) is 91.1 cm³/mol. The van der Waals surface area contributed by atoms with Crippen molar-refractivity contribution in [2.45, 2.75) is 40.0 Å². The number of hydrogen-bond acceptors (Lipinski definition) is 4. The molecule has 0 bridgehead atoms. The first-order valence-corrected chi connectivity index (χ1v) is 8.51. The van der Waals surface area contributed by atoms with Gasteiger partial charge in [-0.05, 0) is 36.7 Å². The Bertz CT molecular complexity index is 504. The van der Waals surface area contributed by atoms with Gasteiger partial charge in [-0.3, -0.25) is 4.79 Å². The van der Waals surface area contributed by atoms with E-state index in [0.717, 1.165) is 24.0 Å². The lowest BCUT2D eigenvalue weighted by Gasteiger charge is -2.29. The Hall–Kier alpha value is -1.23. The van der Waals surface area contributed by atoms with Crippen LogP contribution in [-0.4, -0.2) is 26.0 Å². The Balaban J connectivity index is 2.11. The quantitative estimate of drug-likeness (QED) is 0.881. The van der Waals surface area contributed by atoms with Gasteiger partial charge in [0, 0.05) is 20.1 Å². The molecule has 1 saturated heterocycles. The molecule has 1 aliphatic rings. The van der Waals surface area contributed by atoms with Crippen LogP contribution in [0.1, 0.15) is 49.7 Å². The van der Waals surface area contributed by atoms with Crippen molar-refractivity contribution in [1.82, 2.24) is 5.32 Å². The summed E-state index contributed by atoms with van der Waals surface area (Å²) in [5.41, 5.74) is 6.94. The summed E-state index contributed by atoms with van der Waals surface area (Å²) in [6.07, 6.45) is 3.69. The third-order valence-electron chi connectivity index (χ3n) is 4.45. The lowest BCUT2D eigenvalue weighted by atomic mass is 9.77. The van der Waals surface area contributed by atoms with Gasteiger partial charge in [0.05, 0.1) is 10.7 Å².